The number of nitrogens with zero attached hydrogens (tertiary/aromatic N) is 2. The fraction of sp³-hybridized carbons (Fsp3) is 0.435. The minimum atomic E-state index is -0.187. The van der Waals surface area contributed by atoms with Crippen LogP contribution in [-0.2, 0) is 11.3 Å². The van der Waals surface area contributed by atoms with Crippen molar-refractivity contribution in [3.8, 4) is 11.8 Å². The zero-order valence-electron chi connectivity index (χ0n) is 16.7. The maximum atomic E-state index is 14.3. The summed E-state index contributed by atoms with van der Waals surface area (Å²) >= 11 is 0. The second-order valence-electron chi connectivity index (χ2n) is 7.39. The summed E-state index contributed by atoms with van der Waals surface area (Å²) in [5, 5.41) is 9.14. The van der Waals surface area contributed by atoms with Gasteiger partial charge in [0.15, 0.2) is 0 Å². The first-order valence-corrected chi connectivity index (χ1v) is 9.67. The molecular formula is C23H27FN2O2. The van der Waals surface area contributed by atoms with Gasteiger partial charge in [-0.05, 0) is 48.4 Å². The monoisotopic (exact) mass is 382 g/mol. The average molecular weight is 382 g/mol. The second kappa shape index (κ2) is 9.07. The van der Waals surface area contributed by atoms with Crippen LogP contribution in [0.2, 0.25) is 0 Å². The van der Waals surface area contributed by atoms with E-state index in [1.807, 2.05) is 30.3 Å². The van der Waals surface area contributed by atoms with Crippen molar-refractivity contribution in [2.24, 2.45) is 5.92 Å². The molecule has 1 heterocycles. The molecule has 0 saturated carbocycles. The first kappa shape index (κ1) is 20.2. The number of methoxy groups -OCH3 is 2. The third kappa shape index (κ3) is 4.28. The van der Waals surface area contributed by atoms with E-state index in [4.69, 9.17) is 14.7 Å². The van der Waals surface area contributed by atoms with Crippen LogP contribution in [0.25, 0.3) is 0 Å². The molecule has 4 nitrogen and oxygen atoms in total. The van der Waals surface area contributed by atoms with Gasteiger partial charge in [0.2, 0.25) is 0 Å². The van der Waals surface area contributed by atoms with Crippen molar-refractivity contribution >= 4 is 5.69 Å². The fourth-order valence-corrected chi connectivity index (χ4v) is 4.02. The first-order chi connectivity index (χ1) is 13.6. The molecule has 148 valence electrons. The predicted octanol–water partition coefficient (Wildman–Crippen LogP) is 4.87. The largest absolute Gasteiger partial charge is 0.495 e. The van der Waals surface area contributed by atoms with Crippen LogP contribution in [0.5, 0.6) is 5.75 Å². The van der Waals surface area contributed by atoms with Crippen LogP contribution in [0.4, 0.5) is 10.1 Å². The van der Waals surface area contributed by atoms with Gasteiger partial charge in [-0.3, -0.25) is 0 Å². The van der Waals surface area contributed by atoms with Crippen LogP contribution in [0.15, 0.2) is 36.4 Å². The lowest BCUT2D eigenvalue weighted by atomic mass is 9.81. The maximum Gasteiger partial charge on any atom is 0.138 e. The molecule has 3 rings (SSSR count). The van der Waals surface area contributed by atoms with Gasteiger partial charge in [-0.2, -0.15) is 5.26 Å². The molecule has 2 aromatic rings. The minimum Gasteiger partial charge on any atom is -0.495 e. The van der Waals surface area contributed by atoms with Gasteiger partial charge in [-0.1, -0.05) is 19.1 Å². The van der Waals surface area contributed by atoms with E-state index in [0.717, 1.165) is 37.2 Å². The van der Waals surface area contributed by atoms with E-state index in [0.29, 0.717) is 35.3 Å². The molecule has 1 aliphatic rings. The molecule has 0 radical (unpaired) electrons. The summed E-state index contributed by atoms with van der Waals surface area (Å²) in [6.07, 6.45) is 2.09. The summed E-state index contributed by atoms with van der Waals surface area (Å²) in [5.74, 6) is 1.25. The Bertz CT molecular complexity index is 854. The third-order valence-electron chi connectivity index (χ3n) is 5.82. The molecule has 1 unspecified atom stereocenters. The molecule has 1 aliphatic heterocycles. The van der Waals surface area contributed by atoms with E-state index in [9.17, 15) is 4.39 Å². The average Bonchev–Trinajstić information content (AvgIpc) is 2.74. The van der Waals surface area contributed by atoms with Gasteiger partial charge in [-0.15, -0.1) is 0 Å². The Balaban J connectivity index is 1.65. The molecule has 0 aromatic heterocycles. The van der Waals surface area contributed by atoms with Crippen LogP contribution in [0.1, 0.15) is 42.4 Å². The zero-order chi connectivity index (χ0) is 20.1. The van der Waals surface area contributed by atoms with E-state index >= 15 is 0 Å². The number of ether oxygens (including phenoxy) is 2. The van der Waals surface area contributed by atoms with Gasteiger partial charge in [-0.25, -0.2) is 4.39 Å². The Kier molecular flexibility index (Phi) is 6.53. The highest BCUT2D eigenvalue weighted by molar-refractivity contribution is 5.57. The fourth-order valence-electron chi connectivity index (χ4n) is 4.02. The molecule has 1 fully saturated rings. The van der Waals surface area contributed by atoms with Crippen molar-refractivity contribution in [1.29, 1.82) is 5.26 Å². The lowest BCUT2D eigenvalue weighted by Crippen LogP contribution is -2.35. The van der Waals surface area contributed by atoms with Crippen molar-refractivity contribution in [2.45, 2.75) is 32.3 Å². The van der Waals surface area contributed by atoms with Gasteiger partial charge in [0, 0.05) is 37.5 Å². The third-order valence-corrected chi connectivity index (χ3v) is 5.82. The highest BCUT2D eigenvalue weighted by atomic mass is 19.1. The van der Waals surface area contributed by atoms with Crippen LogP contribution >= 0.6 is 0 Å². The quantitative estimate of drug-likeness (QED) is 0.715. The van der Waals surface area contributed by atoms with E-state index in [1.165, 1.54) is 0 Å². The van der Waals surface area contributed by atoms with Gasteiger partial charge in [0.05, 0.1) is 19.3 Å². The lowest BCUT2D eigenvalue weighted by Gasteiger charge is -2.36. The Hall–Kier alpha value is -2.58. The van der Waals surface area contributed by atoms with Gasteiger partial charge in [0.25, 0.3) is 0 Å². The Labute approximate surface area is 166 Å². The van der Waals surface area contributed by atoms with Gasteiger partial charge < -0.3 is 14.4 Å². The predicted molar refractivity (Wildman–Crippen MR) is 108 cm³/mol. The second-order valence-corrected chi connectivity index (χ2v) is 7.39. The summed E-state index contributed by atoms with van der Waals surface area (Å²) < 4.78 is 24.6. The summed E-state index contributed by atoms with van der Waals surface area (Å²) in [7, 11) is 3.16. The van der Waals surface area contributed by atoms with E-state index in [-0.39, 0.29) is 5.82 Å². The molecule has 1 atom stereocenters. The highest BCUT2D eigenvalue weighted by Gasteiger charge is 2.26. The van der Waals surface area contributed by atoms with Crippen LogP contribution in [0, 0.1) is 23.1 Å². The molecule has 1 saturated heterocycles. The molecule has 0 bridgehead atoms. The van der Waals surface area contributed by atoms with Crippen molar-refractivity contribution in [3.63, 3.8) is 0 Å². The smallest absolute Gasteiger partial charge is 0.138 e. The number of hydrogen-bond donors (Lipinski definition) is 0. The number of hydrogen-bond acceptors (Lipinski definition) is 4. The molecule has 0 N–H and O–H groups in total. The molecule has 0 amide bonds. The molecular weight excluding hydrogens is 355 g/mol. The molecule has 2 aromatic carbocycles. The SMILES string of the molecule is COCc1ccc(C(C)C2CCN(c3ccc(C#N)c(OC)c3)CC2)cc1F. The standard InChI is InChI=1S/C23H27FN2O2/c1-16(18-4-5-20(15-27-2)22(24)12-18)17-8-10-26(11-9-17)21-7-6-19(14-25)23(13-21)28-3/h4-7,12-13,16-17H,8-11,15H2,1-3H3. The zero-order valence-corrected chi connectivity index (χ0v) is 16.7. The summed E-state index contributed by atoms with van der Waals surface area (Å²) in [6.45, 7) is 4.37. The summed E-state index contributed by atoms with van der Waals surface area (Å²) in [4.78, 5) is 2.33. The number of piperidine rings is 1. The normalized spacial score (nSPS) is 15.9. The lowest BCUT2D eigenvalue weighted by molar-refractivity contribution is 0.181. The maximum absolute atomic E-state index is 14.3. The van der Waals surface area contributed by atoms with E-state index in [1.54, 1.807) is 20.3 Å². The van der Waals surface area contributed by atoms with E-state index < -0.39 is 0 Å². The Morgan fingerprint density at radius 3 is 2.54 bits per heavy atom. The van der Waals surface area contributed by atoms with Crippen molar-refractivity contribution < 1.29 is 13.9 Å². The number of benzene rings is 2. The minimum absolute atomic E-state index is 0.187. The summed E-state index contributed by atoms with van der Waals surface area (Å²) in [5.41, 5.74) is 3.28. The number of anilines is 1. The van der Waals surface area contributed by atoms with Crippen LogP contribution < -0.4 is 9.64 Å². The summed E-state index contributed by atoms with van der Waals surface area (Å²) in [6, 6.07) is 13.4. The Morgan fingerprint density at radius 1 is 1.18 bits per heavy atom. The number of nitriles is 1. The Morgan fingerprint density at radius 2 is 1.93 bits per heavy atom. The number of rotatable bonds is 6. The van der Waals surface area contributed by atoms with Gasteiger partial charge in [0.1, 0.15) is 17.6 Å². The van der Waals surface area contributed by atoms with Gasteiger partial charge >= 0.3 is 0 Å². The molecule has 0 spiro atoms. The van der Waals surface area contributed by atoms with Crippen molar-refractivity contribution in [1.82, 2.24) is 0 Å². The topological polar surface area (TPSA) is 45.5 Å². The van der Waals surface area contributed by atoms with Crippen LogP contribution in [0.3, 0.4) is 0 Å². The molecule has 0 aliphatic carbocycles. The first-order valence-electron chi connectivity index (χ1n) is 9.67. The number of halogens is 1. The highest BCUT2D eigenvalue weighted by Crippen LogP contribution is 2.35. The van der Waals surface area contributed by atoms with Crippen molar-refractivity contribution in [2.75, 3.05) is 32.2 Å². The molecule has 28 heavy (non-hydrogen) atoms. The van der Waals surface area contributed by atoms with E-state index in [2.05, 4.69) is 17.9 Å². The van der Waals surface area contributed by atoms with Crippen LogP contribution in [-0.4, -0.2) is 27.3 Å². The molecule has 5 heteroatoms. The van der Waals surface area contributed by atoms with Crippen molar-refractivity contribution in [3.05, 3.63) is 58.9 Å².